The first-order chi connectivity index (χ1) is 7.65. The summed E-state index contributed by atoms with van der Waals surface area (Å²) in [5, 5.41) is 10.0. The molecule has 1 aromatic carbocycles. The molecule has 16 heavy (non-hydrogen) atoms. The molecule has 0 aliphatic heterocycles. The first kappa shape index (κ1) is 9.42. The maximum Gasteiger partial charge on any atom is 0.352 e. The summed E-state index contributed by atoms with van der Waals surface area (Å²) >= 11 is 1.61. The standard InChI is InChI=1S/C12H9NO2S/c1-6-2-3-9-7(4-6)11-10(16-9)5-8(13-11)12(14)15/h2-5,13H,1H3,(H,14,15). The molecule has 0 amide bonds. The van der Waals surface area contributed by atoms with Gasteiger partial charge >= 0.3 is 5.97 Å². The molecule has 4 heteroatoms. The maximum atomic E-state index is 10.8. The van der Waals surface area contributed by atoms with Gasteiger partial charge in [-0.25, -0.2) is 4.79 Å². The van der Waals surface area contributed by atoms with Crippen molar-refractivity contribution in [2.75, 3.05) is 0 Å². The fourth-order valence-electron chi connectivity index (χ4n) is 1.88. The third-order valence-corrected chi connectivity index (χ3v) is 3.75. The number of aromatic nitrogens is 1. The van der Waals surface area contributed by atoms with Gasteiger partial charge in [-0.2, -0.15) is 0 Å². The van der Waals surface area contributed by atoms with Gasteiger partial charge in [0, 0.05) is 10.1 Å². The molecule has 80 valence electrons. The average Bonchev–Trinajstić information content (AvgIpc) is 2.75. The molecule has 0 radical (unpaired) electrons. The molecular weight excluding hydrogens is 222 g/mol. The molecule has 2 heterocycles. The molecule has 2 aromatic heterocycles. The Balaban J connectivity index is 2.40. The van der Waals surface area contributed by atoms with E-state index in [9.17, 15) is 4.79 Å². The number of rotatable bonds is 1. The van der Waals surface area contributed by atoms with E-state index in [4.69, 9.17) is 5.11 Å². The van der Waals surface area contributed by atoms with Crippen LogP contribution in [-0.4, -0.2) is 16.1 Å². The van der Waals surface area contributed by atoms with Gasteiger partial charge in [0.05, 0.1) is 10.2 Å². The van der Waals surface area contributed by atoms with Crippen molar-refractivity contribution in [1.82, 2.24) is 4.98 Å². The molecule has 0 saturated heterocycles. The van der Waals surface area contributed by atoms with E-state index in [1.807, 2.05) is 6.92 Å². The third kappa shape index (κ3) is 1.23. The monoisotopic (exact) mass is 231 g/mol. The minimum Gasteiger partial charge on any atom is -0.477 e. The van der Waals surface area contributed by atoms with E-state index in [1.54, 1.807) is 17.4 Å². The number of benzene rings is 1. The number of thiophene rings is 1. The number of hydrogen-bond donors (Lipinski definition) is 2. The predicted molar refractivity (Wildman–Crippen MR) is 65.4 cm³/mol. The summed E-state index contributed by atoms with van der Waals surface area (Å²) < 4.78 is 2.18. The van der Waals surface area contributed by atoms with Gasteiger partial charge in [-0.15, -0.1) is 11.3 Å². The summed E-state index contributed by atoms with van der Waals surface area (Å²) in [7, 11) is 0. The Morgan fingerprint density at radius 1 is 1.31 bits per heavy atom. The van der Waals surface area contributed by atoms with Crippen molar-refractivity contribution in [2.24, 2.45) is 0 Å². The van der Waals surface area contributed by atoms with Crippen LogP contribution in [0.2, 0.25) is 0 Å². The van der Waals surface area contributed by atoms with Crippen molar-refractivity contribution in [3.8, 4) is 0 Å². The van der Waals surface area contributed by atoms with Crippen LogP contribution in [0.1, 0.15) is 16.1 Å². The van der Waals surface area contributed by atoms with E-state index in [0.717, 1.165) is 15.6 Å². The van der Waals surface area contributed by atoms with E-state index in [-0.39, 0.29) is 5.69 Å². The highest BCUT2D eigenvalue weighted by Crippen LogP contribution is 2.34. The summed E-state index contributed by atoms with van der Waals surface area (Å²) in [6.07, 6.45) is 0. The molecule has 0 aliphatic carbocycles. The molecule has 0 fully saturated rings. The topological polar surface area (TPSA) is 53.1 Å². The van der Waals surface area contributed by atoms with Gasteiger partial charge in [-0.3, -0.25) is 0 Å². The number of hydrogen-bond acceptors (Lipinski definition) is 2. The number of aryl methyl sites for hydroxylation is 1. The van der Waals surface area contributed by atoms with E-state index < -0.39 is 5.97 Å². The Morgan fingerprint density at radius 3 is 2.88 bits per heavy atom. The lowest BCUT2D eigenvalue weighted by Gasteiger charge is -1.93. The van der Waals surface area contributed by atoms with Gasteiger partial charge in [-0.05, 0) is 25.1 Å². The lowest BCUT2D eigenvalue weighted by molar-refractivity contribution is 0.0691. The number of aromatic carboxylic acids is 1. The number of H-pyrrole nitrogens is 1. The molecule has 3 rings (SSSR count). The Hall–Kier alpha value is -1.81. The van der Waals surface area contributed by atoms with Gasteiger partial charge in [0.1, 0.15) is 5.69 Å². The first-order valence-corrected chi connectivity index (χ1v) is 5.72. The Labute approximate surface area is 95.3 Å². The van der Waals surface area contributed by atoms with Crippen molar-refractivity contribution in [2.45, 2.75) is 6.92 Å². The number of carboxylic acid groups (broad SMARTS) is 1. The van der Waals surface area contributed by atoms with Crippen LogP contribution in [0.15, 0.2) is 24.3 Å². The zero-order valence-electron chi connectivity index (χ0n) is 8.57. The molecule has 0 bridgehead atoms. The number of carboxylic acids is 1. The van der Waals surface area contributed by atoms with Crippen LogP contribution < -0.4 is 0 Å². The van der Waals surface area contributed by atoms with Crippen LogP contribution in [0, 0.1) is 6.92 Å². The predicted octanol–water partition coefficient (Wildman–Crippen LogP) is 3.39. The maximum absolute atomic E-state index is 10.8. The van der Waals surface area contributed by atoms with Gasteiger partial charge in [-0.1, -0.05) is 11.6 Å². The first-order valence-electron chi connectivity index (χ1n) is 4.90. The van der Waals surface area contributed by atoms with E-state index in [2.05, 4.69) is 23.2 Å². The van der Waals surface area contributed by atoms with Crippen molar-refractivity contribution < 1.29 is 9.90 Å². The highest BCUT2D eigenvalue weighted by molar-refractivity contribution is 7.25. The summed E-state index contributed by atoms with van der Waals surface area (Å²) in [4.78, 5) is 13.8. The van der Waals surface area contributed by atoms with E-state index in [1.165, 1.54) is 10.3 Å². The SMILES string of the molecule is Cc1ccc2sc3cc(C(=O)O)[nH]c3c2c1. The van der Waals surface area contributed by atoms with Crippen LogP contribution in [0.3, 0.4) is 0 Å². The van der Waals surface area contributed by atoms with Crippen molar-refractivity contribution >= 4 is 37.6 Å². The van der Waals surface area contributed by atoms with Gasteiger partial charge in [0.15, 0.2) is 0 Å². The molecule has 0 aliphatic rings. The molecular formula is C12H9NO2S. The fourth-order valence-corrected chi connectivity index (χ4v) is 2.96. The summed E-state index contributed by atoms with van der Waals surface area (Å²) in [6, 6.07) is 7.91. The molecule has 0 unspecified atom stereocenters. The van der Waals surface area contributed by atoms with Crippen LogP contribution in [-0.2, 0) is 0 Å². The number of carbonyl (C=O) groups is 1. The average molecular weight is 231 g/mol. The Kier molecular flexibility index (Phi) is 1.82. The van der Waals surface area contributed by atoms with Crippen molar-refractivity contribution in [3.63, 3.8) is 0 Å². The zero-order valence-corrected chi connectivity index (χ0v) is 9.39. The van der Waals surface area contributed by atoms with E-state index >= 15 is 0 Å². The Morgan fingerprint density at radius 2 is 2.12 bits per heavy atom. The highest BCUT2D eigenvalue weighted by Gasteiger charge is 2.12. The molecule has 3 aromatic rings. The Bertz CT molecular complexity index is 708. The van der Waals surface area contributed by atoms with Crippen LogP contribution >= 0.6 is 11.3 Å². The molecule has 0 atom stereocenters. The number of fused-ring (bicyclic) bond motifs is 3. The smallest absolute Gasteiger partial charge is 0.352 e. The normalized spacial score (nSPS) is 11.3. The molecule has 0 spiro atoms. The fraction of sp³-hybridized carbons (Fsp3) is 0.0833. The lowest BCUT2D eigenvalue weighted by atomic mass is 10.2. The summed E-state index contributed by atoms with van der Waals surface area (Å²) in [5.74, 6) is -0.913. The van der Waals surface area contributed by atoms with Gasteiger partial charge in [0.25, 0.3) is 0 Å². The van der Waals surface area contributed by atoms with Crippen molar-refractivity contribution in [1.29, 1.82) is 0 Å². The second-order valence-electron chi connectivity index (χ2n) is 3.83. The molecule has 2 N–H and O–H groups in total. The molecule has 0 saturated carbocycles. The second-order valence-corrected chi connectivity index (χ2v) is 4.91. The zero-order chi connectivity index (χ0) is 11.3. The van der Waals surface area contributed by atoms with Crippen LogP contribution in [0.5, 0.6) is 0 Å². The van der Waals surface area contributed by atoms with Gasteiger partial charge in [0.2, 0.25) is 0 Å². The summed E-state index contributed by atoms with van der Waals surface area (Å²) in [5.41, 5.74) is 2.37. The molecule has 3 nitrogen and oxygen atoms in total. The highest BCUT2D eigenvalue weighted by atomic mass is 32.1. The summed E-state index contributed by atoms with van der Waals surface area (Å²) in [6.45, 7) is 2.03. The van der Waals surface area contributed by atoms with Gasteiger partial charge < -0.3 is 10.1 Å². The number of aromatic amines is 1. The van der Waals surface area contributed by atoms with Crippen LogP contribution in [0.4, 0.5) is 0 Å². The second kappa shape index (κ2) is 3.09. The lowest BCUT2D eigenvalue weighted by Crippen LogP contribution is -1.94. The minimum absolute atomic E-state index is 0.254. The quantitative estimate of drug-likeness (QED) is 0.674. The third-order valence-electron chi connectivity index (χ3n) is 2.64. The van der Waals surface area contributed by atoms with Crippen molar-refractivity contribution in [3.05, 3.63) is 35.5 Å². The number of nitrogens with one attached hydrogen (secondary N) is 1. The largest absolute Gasteiger partial charge is 0.477 e. The van der Waals surface area contributed by atoms with E-state index in [0.29, 0.717) is 0 Å². The van der Waals surface area contributed by atoms with Crippen LogP contribution in [0.25, 0.3) is 20.3 Å². The minimum atomic E-state index is -0.913.